The molecule has 0 spiro atoms. The second-order valence-corrected chi connectivity index (χ2v) is 4.94. The minimum Gasteiger partial charge on any atom is -0.450 e. The van der Waals surface area contributed by atoms with Gasteiger partial charge in [-0.3, -0.25) is 9.48 Å². The van der Waals surface area contributed by atoms with Gasteiger partial charge in [-0.05, 0) is 6.92 Å². The number of hydrogen-bond donors (Lipinski definition) is 1. The first-order valence-electron chi connectivity index (χ1n) is 6.97. The van der Waals surface area contributed by atoms with Crippen molar-refractivity contribution in [3.8, 4) is 0 Å². The summed E-state index contributed by atoms with van der Waals surface area (Å²) < 4.78 is 6.56. The number of aromatic nitrogens is 2. The molecule has 0 saturated carbocycles. The highest BCUT2D eigenvalue weighted by Crippen LogP contribution is 2.14. The van der Waals surface area contributed by atoms with Gasteiger partial charge < -0.3 is 20.3 Å². The lowest BCUT2D eigenvalue weighted by molar-refractivity contribution is -0.134. The molecule has 1 saturated heterocycles. The Balaban J connectivity index is 1.89. The maximum Gasteiger partial charge on any atom is 0.409 e. The van der Waals surface area contributed by atoms with Crippen LogP contribution in [-0.4, -0.2) is 64.4 Å². The molecule has 8 nitrogen and oxygen atoms in total. The molecular weight excluding hydrogens is 274 g/mol. The van der Waals surface area contributed by atoms with E-state index in [9.17, 15) is 9.59 Å². The molecule has 116 valence electrons. The third kappa shape index (κ3) is 3.52. The van der Waals surface area contributed by atoms with Gasteiger partial charge in [-0.25, -0.2) is 4.79 Å². The lowest BCUT2D eigenvalue weighted by atomic mass is 10.1. The number of ether oxygens (including phenoxy) is 1. The van der Waals surface area contributed by atoms with E-state index in [1.807, 2.05) is 0 Å². The molecule has 21 heavy (non-hydrogen) atoms. The monoisotopic (exact) mass is 295 g/mol. The van der Waals surface area contributed by atoms with Crippen molar-refractivity contribution in [3.05, 3.63) is 18.0 Å². The van der Waals surface area contributed by atoms with Gasteiger partial charge in [0.15, 0.2) is 0 Å². The number of carbonyl (C=O) groups is 2. The molecule has 1 aromatic rings. The fourth-order valence-corrected chi connectivity index (χ4v) is 2.26. The van der Waals surface area contributed by atoms with Crippen LogP contribution in [0.15, 0.2) is 12.4 Å². The molecule has 8 heteroatoms. The molecule has 2 N–H and O–H groups in total. The Morgan fingerprint density at radius 2 is 1.95 bits per heavy atom. The standard InChI is InChI=1S/C13H21N5O3/c1-3-21-13(20)18-6-4-17(5-7-18)12(19)11(14)10-8-15-16(2)9-10/h8-9,11H,3-7,14H2,1-2H3. The topological polar surface area (TPSA) is 93.7 Å². The average molecular weight is 295 g/mol. The summed E-state index contributed by atoms with van der Waals surface area (Å²) in [6, 6.07) is -0.715. The minimum absolute atomic E-state index is 0.147. The van der Waals surface area contributed by atoms with E-state index in [4.69, 9.17) is 10.5 Å². The molecule has 1 unspecified atom stereocenters. The van der Waals surface area contributed by atoms with Crippen molar-refractivity contribution >= 4 is 12.0 Å². The van der Waals surface area contributed by atoms with E-state index in [-0.39, 0.29) is 12.0 Å². The molecule has 1 aromatic heterocycles. The summed E-state index contributed by atoms with van der Waals surface area (Å²) in [7, 11) is 1.78. The maximum absolute atomic E-state index is 12.3. The Morgan fingerprint density at radius 3 is 2.48 bits per heavy atom. The third-order valence-electron chi connectivity index (χ3n) is 3.47. The molecule has 0 aromatic carbocycles. The summed E-state index contributed by atoms with van der Waals surface area (Å²) >= 11 is 0. The van der Waals surface area contributed by atoms with Crippen molar-refractivity contribution in [1.29, 1.82) is 0 Å². The SMILES string of the molecule is CCOC(=O)N1CCN(C(=O)C(N)c2cnn(C)c2)CC1. The van der Waals surface area contributed by atoms with E-state index >= 15 is 0 Å². The van der Waals surface area contributed by atoms with Gasteiger partial charge in [-0.15, -0.1) is 0 Å². The van der Waals surface area contributed by atoms with Crippen LogP contribution >= 0.6 is 0 Å². The van der Waals surface area contributed by atoms with Crippen molar-refractivity contribution in [2.24, 2.45) is 12.8 Å². The van der Waals surface area contributed by atoms with Crippen LogP contribution in [0.5, 0.6) is 0 Å². The Morgan fingerprint density at radius 1 is 1.33 bits per heavy atom. The highest BCUT2D eigenvalue weighted by molar-refractivity contribution is 5.83. The van der Waals surface area contributed by atoms with Gasteiger partial charge >= 0.3 is 6.09 Å². The summed E-state index contributed by atoms with van der Waals surface area (Å²) in [5.41, 5.74) is 6.67. The largest absolute Gasteiger partial charge is 0.450 e. The Hall–Kier alpha value is -2.09. The van der Waals surface area contributed by atoms with Crippen molar-refractivity contribution in [3.63, 3.8) is 0 Å². The van der Waals surface area contributed by atoms with E-state index in [1.54, 1.807) is 40.8 Å². The zero-order valence-electron chi connectivity index (χ0n) is 12.4. The van der Waals surface area contributed by atoms with Crippen molar-refractivity contribution in [1.82, 2.24) is 19.6 Å². The number of rotatable bonds is 3. The van der Waals surface area contributed by atoms with Crippen LogP contribution in [0.25, 0.3) is 0 Å². The first kappa shape index (κ1) is 15.3. The molecule has 1 aliphatic heterocycles. The molecule has 2 amide bonds. The van der Waals surface area contributed by atoms with Crippen LogP contribution in [0.4, 0.5) is 4.79 Å². The van der Waals surface area contributed by atoms with Crippen LogP contribution in [-0.2, 0) is 16.6 Å². The first-order chi connectivity index (χ1) is 10.0. The first-order valence-corrected chi connectivity index (χ1v) is 6.97. The zero-order chi connectivity index (χ0) is 15.4. The van der Waals surface area contributed by atoms with E-state index < -0.39 is 6.04 Å². The van der Waals surface area contributed by atoms with E-state index in [0.29, 0.717) is 38.3 Å². The Kier molecular flexibility index (Phi) is 4.79. The van der Waals surface area contributed by atoms with Crippen molar-refractivity contribution < 1.29 is 14.3 Å². The number of nitrogens with two attached hydrogens (primary N) is 1. The minimum atomic E-state index is -0.715. The summed E-state index contributed by atoms with van der Waals surface area (Å²) in [6.45, 7) is 3.97. The van der Waals surface area contributed by atoms with Crippen LogP contribution < -0.4 is 5.73 Å². The molecule has 0 bridgehead atoms. The van der Waals surface area contributed by atoms with Crippen LogP contribution in [0.2, 0.25) is 0 Å². The number of aryl methyl sites for hydroxylation is 1. The number of carbonyl (C=O) groups excluding carboxylic acids is 2. The summed E-state index contributed by atoms with van der Waals surface area (Å²) in [5, 5.41) is 4.02. The van der Waals surface area contributed by atoms with Gasteiger partial charge in [-0.2, -0.15) is 5.10 Å². The highest BCUT2D eigenvalue weighted by atomic mass is 16.6. The molecular formula is C13H21N5O3. The van der Waals surface area contributed by atoms with Gasteiger partial charge in [0.1, 0.15) is 6.04 Å². The fourth-order valence-electron chi connectivity index (χ4n) is 2.26. The average Bonchev–Trinajstić information content (AvgIpc) is 2.92. The van der Waals surface area contributed by atoms with Gasteiger partial charge in [0, 0.05) is 45.0 Å². The lowest BCUT2D eigenvalue weighted by Crippen LogP contribution is -2.52. The van der Waals surface area contributed by atoms with Gasteiger partial charge in [0.05, 0.1) is 12.8 Å². The summed E-state index contributed by atoms with van der Waals surface area (Å²) in [4.78, 5) is 27.2. The molecule has 0 aliphatic carbocycles. The molecule has 1 fully saturated rings. The van der Waals surface area contributed by atoms with Gasteiger partial charge in [0.25, 0.3) is 0 Å². The molecule has 1 atom stereocenters. The predicted molar refractivity (Wildman–Crippen MR) is 75.3 cm³/mol. The van der Waals surface area contributed by atoms with E-state index in [0.717, 1.165) is 0 Å². The van der Waals surface area contributed by atoms with Crippen molar-refractivity contribution in [2.75, 3.05) is 32.8 Å². The number of amides is 2. The van der Waals surface area contributed by atoms with Crippen LogP contribution in [0.1, 0.15) is 18.5 Å². The van der Waals surface area contributed by atoms with E-state index in [1.165, 1.54) is 0 Å². The van der Waals surface area contributed by atoms with Gasteiger partial charge in [0.2, 0.25) is 5.91 Å². The second kappa shape index (κ2) is 6.57. The van der Waals surface area contributed by atoms with Crippen LogP contribution in [0.3, 0.4) is 0 Å². The number of nitrogens with zero attached hydrogens (tertiary/aromatic N) is 4. The van der Waals surface area contributed by atoms with Gasteiger partial charge in [-0.1, -0.05) is 0 Å². The Bertz CT molecular complexity index is 508. The van der Waals surface area contributed by atoms with Crippen molar-refractivity contribution in [2.45, 2.75) is 13.0 Å². The lowest BCUT2D eigenvalue weighted by Gasteiger charge is -2.35. The molecule has 2 rings (SSSR count). The van der Waals surface area contributed by atoms with Crippen LogP contribution in [0, 0.1) is 0 Å². The number of hydrogen-bond acceptors (Lipinski definition) is 5. The quantitative estimate of drug-likeness (QED) is 0.828. The smallest absolute Gasteiger partial charge is 0.409 e. The number of piperazine rings is 1. The third-order valence-corrected chi connectivity index (χ3v) is 3.47. The zero-order valence-corrected chi connectivity index (χ0v) is 12.4. The predicted octanol–water partition coefficient (Wildman–Crippen LogP) is -0.279. The summed E-state index contributed by atoms with van der Waals surface area (Å²) in [5.74, 6) is -0.147. The fraction of sp³-hybridized carbons (Fsp3) is 0.615. The normalized spacial score (nSPS) is 16.7. The molecule has 2 heterocycles. The molecule has 0 radical (unpaired) electrons. The Labute approximate surface area is 123 Å². The summed E-state index contributed by atoms with van der Waals surface area (Å²) in [6.07, 6.45) is 3.00. The maximum atomic E-state index is 12.3. The molecule has 1 aliphatic rings. The van der Waals surface area contributed by atoms with E-state index in [2.05, 4.69) is 5.10 Å². The highest BCUT2D eigenvalue weighted by Gasteiger charge is 2.28. The second-order valence-electron chi connectivity index (χ2n) is 4.94.